The molecular weight excluding hydrogens is 438 g/mol. The molecule has 2 heterocycles. The van der Waals surface area contributed by atoms with Crippen molar-refractivity contribution in [3.8, 4) is 17.1 Å². The second-order valence-corrected chi connectivity index (χ2v) is 8.04. The van der Waals surface area contributed by atoms with Gasteiger partial charge in [0, 0.05) is 36.8 Å². The molecule has 0 aliphatic heterocycles. The fourth-order valence-electron chi connectivity index (χ4n) is 4.18. The minimum atomic E-state index is -0.540. The second kappa shape index (κ2) is 9.70. The summed E-state index contributed by atoms with van der Waals surface area (Å²) in [4.78, 5) is 24.9. The Morgan fingerprint density at radius 1 is 0.971 bits per heavy atom. The van der Waals surface area contributed by atoms with Crippen molar-refractivity contribution in [1.82, 2.24) is 5.32 Å². The van der Waals surface area contributed by atoms with Gasteiger partial charge in [0.1, 0.15) is 22.7 Å². The van der Waals surface area contributed by atoms with E-state index in [1.54, 1.807) is 7.11 Å². The summed E-state index contributed by atoms with van der Waals surface area (Å²) in [5.41, 5.74) is 3.74. The second-order valence-electron chi connectivity index (χ2n) is 8.04. The van der Waals surface area contributed by atoms with Gasteiger partial charge in [-0.3, -0.25) is 4.79 Å². The van der Waals surface area contributed by atoms with Crippen LogP contribution in [0, 0.1) is 13.8 Å². The van der Waals surface area contributed by atoms with Crippen LogP contribution in [0.4, 0.5) is 0 Å². The average Bonchev–Trinajstić information content (AvgIpc) is 3.18. The van der Waals surface area contributed by atoms with Crippen LogP contribution in [0.15, 0.2) is 50.0 Å². The third-order valence-corrected chi connectivity index (χ3v) is 5.84. The first-order chi connectivity index (χ1) is 16.4. The van der Waals surface area contributed by atoms with Crippen molar-refractivity contribution in [3.63, 3.8) is 0 Å². The Hall–Kier alpha value is -3.62. The number of furan rings is 1. The Labute approximate surface area is 196 Å². The lowest BCUT2D eigenvalue weighted by molar-refractivity contribution is -0.126. The third-order valence-electron chi connectivity index (χ3n) is 5.84. The predicted molar refractivity (Wildman–Crippen MR) is 128 cm³/mol. The van der Waals surface area contributed by atoms with Gasteiger partial charge in [-0.2, -0.15) is 0 Å². The lowest BCUT2D eigenvalue weighted by Gasteiger charge is -2.14. The van der Waals surface area contributed by atoms with Crippen LogP contribution in [0.3, 0.4) is 0 Å². The molecule has 0 radical (unpaired) electrons. The predicted octanol–water partition coefficient (Wildman–Crippen LogP) is 4.11. The summed E-state index contributed by atoms with van der Waals surface area (Å²) < 4.78 is 27.4. The highest BCUT2D eigenvalue weighted by atomic mass is 16.7. The average molecular weight is 466 g/mol. The zero-order valence-corrected chi connectivity index (χ0v) is 19.8. The van der Waals surface area contributed by atoms with Gasteiger partial charge in [-0.1, -0.05) is 0 Å². The number of hydrogen-bond donors (Lipinski definition) is 1. The van der Waals surface area contributed by atoms with Gasteiger partial charge in [0.15, 0.2) is 6.29 Å². The highest BCUT2D eigenvalue weighted by molar-refractivity contribution is 6.09. The van der Waals surface area contributed by atoms with E-state index >= 15 is 0 Å². The van der Waals surface area contributed by atoms with E-state index < -0.39 is 11.9 Å². The fourth-order valence-corrected chi connectivity index (χ4v) is 4.18. The van der Waals surface area contributed by atoms with E-state index in [4.69, 9.17) is 23.0 Å². The molecule has 0 aliphatic carbocycles. The van der Waals surface area contributed by atoms with Gasteiger partial charge in [0.05, 0.1) is 25.5 Å². The molecule has 1 amide bonds. The van der Waals surface area contributed by atoms with Crippen LogP contribution in [0.2, 0.25) is 0 Å². The van der Waals surface area contributed by atoms with Gasteiger partial charge < -0.3 is 28.4 Å². The van der Waals surface area contributed by atoms with Crippen molar-refractivity contribution >= 4 is 27.8 Å². The zero-order chi connectivity index (χ0) is 24.4. The van der Waals surface area contributed by atoms with Gasteiger partial charge in [0.2, 0.25) is 5.91 Å². The van der Waals surface area contributed by atoms with Crippen molar-refractivity contribution in [3.05, 3.63) is 63.5 Å². The van der Waals surface area contributed by atoms with Crippen molar-refractivity contribution in [2.75, 3.05) is 27.9 Å². The minimum absolute atomic E-state index is 0.0800. The molecule has 2 aromatic heterocycles. The maximum absolute atomic E-state index is 12.9. The number of benzene rings is 2. The Morgan fingerprint density at radius 3 is 2.29 bits per heavy atom. The molecule has 0 atom stereocenters. The van der Waals surface area contributed by atoms with Crippen molar-refractivity contribution in [2.24, 2.45) is 0 Å². The van der Waals surface area contributed by atoms with Crippen LogP contribution in [0.5, 0.6) is 5.75 Å². The number of carbonyl (C=O) groups excluding carboxylic acids is 1. The molecule has 4 rings (SSSR count). The standard InChI is InChI=1S/C26H27NO7/c1-14-10-19-24(15(2)11-21(29)33-19)26-23(14)18(12-20(28)27-13-22(31-4)32-5)25(34-26)16-6-8-17(30-3)9-7-16/h6-11,22H,12-13H2,1-5H3,(H,27,28). The molecule has 0 spiro atoms. The first-order valence-corrected chi connectivity index (χ1v) is 10.8. The smallest absolute Gasteiger partial charge is 0.336 e. The van der Waals surface area contributed by atoms with Crippen LogP contribution in [0.1, 0.15) is 16.7 Å². The van der Waals surface area contributed by atoms with E-state index in [2.05, 4.69) is 5.32 Å². The molecule has 178 valence electrons. The SMILES string of the molecule is COc1ccc(-c2oc3c(c(C)cc4oc(=O)cc(C)c43)c2CC(=O)NCC(OC)OC)cc1. The fraction of sp³-hybridized carbons (Fsp3) is 0.308. The van der Waals surface area contributed by atoms with E-state index in [0.29, 0.717) is 28.1 Å². The molecule has 0 aliphatic rings. The number of aryl methyl sites for hydroxylation is 2. The molecule has 34 heavy (non-hydrogen) atoms. The number of hydrogen-bond acceptors (Lipinski definition) is 7. The number of fused-ring (bicyclic) bond motifs is 3. The Bertz CT molecular complexity index is 1400. The Balaban J connectivity index is 1.89. The minimum Gasteiger partial charge on any atom is -0.497 e. The summed E-state index contributed by atoms with van der Waals surface area (Å²) in [6.45, 7) is 3.96. The molecular formula is C26H27NO7. The van der Waals surface area contributed by atoms with E-state index in [1.165, 1.54) is 20.3 Å². The number of methoxy groups -OCH3 is 3. The highest BCUT2D eigenvalue weighted by Gasteiger charge is 2.24. The Kier molecular flexibility index (Phi) is 6.72. The maximum Gasteiger partial charge on any atom is 0.336 e. The summed E-state index contributed by atoms with van der Waals surface area (Å²) in [6.07, 6.45) is -0.459. The summed E-state index contributed by atoms with van der Waals surface area (Å²) in [6, 6.07) is 10.7. The normalized spacial score (nSPS) is 11.5. The van der Waals surface area contributed by atoms with Crippen LogP contribution in [-0.2, 0) is 20.7 Å². The largest absolute Gasteiger partial charge is 0.497 e. The summed E-state index contributed by atoms with van der Waals surface area (Å²) in [5, 5.41) is 4.38. The van der Waals surface area contributed by atoms with Gasteiger partial charge in [-0.15, -0.1) is 0 Å². The van der Waals surface area contributed by atoms with Crippen molar-refractivity contribution in [2.45, 2.75) is 26.6 Å². The summed E-state index contributed by atoms with van der Waals surface area (Å²) in [7, 11) is 4.63. The summed E-state index contributed by atoms with van der Waals surface area (Å²) in [5.74, 6) is 1.08. The van der Waals surface area contributed by atoms with Gasteiger partial charge in [-0.25, -0.2) is 4.79 Å². The van der Waals surface area contributed by atoms with Crippen LogP contribution in [0.25, 0.3) is 33.3 Å². The number of rotatable bonds is 8. The molecule has 1 N–H and O–H groups in total. The molecule has 0 saturated heterocycles. The van der Waals surface area contributed by atoms with Crippen LogP contribution < -0.4 is 15.7 Å². The maximum atomic E-state index is 12.9. The van der Waals surface area contributed by atoms with Crippen LogP contribution in [-0.4, -0.2) is 40.1 Å². The number of nitrogens with one attached hydrogen (secondary N) is 1. The van der Waals surface area contributed by atoms with Gasteiger partial charge >= 0.3 is 5.63 Å². The van der Waals surface area contributed by atoms with E-state index in [-0.39, 0.29) is 18.9 Å². The Morgan fingerprint density at radius 2 is 1.65 bits per heavy atom. The molecule has 0 unspecified atom stereocenters. The lowest BCUT2D eigenvalue weighted by Crippen LogP contribution is -2.35. The quantitative estimate of drug-likeness (QED) is 0.309. The van der Waals surface area contributed by atoms with Crippen LogP contribution >= 0.6 is 0 Å². The molecule has 4 aromatic rings. The monoisotopic (exact) mass is 465 g/mol. The van der Waals surface area contributed by atoms with Crippen molar-refractivity contribution in [1.29, 1.82) is 0 Å². The molecule has 0 bridgehead atoms. The van der Waals surface area contributed by atoms with E-state index in [1.807, 2.05) is 44.2 Å². The first kappa shape index (κ1) is 23.5. The van der Waals surface area contributed by atoms with E-state index in [0.717, 1.165) is 27.6 Å². The number of amides is 1. The number of carbonyl (C=O) groups is 1. The highest BCUT2D eigenvalue weighted by Crippen LogP contribution is 2.40. The third kappa shape index (κ3) is 4.42. The van der Waals surface area contributed by atoms with Gasteiger partial charge in [-0.05, 0) is 55.3 Å². The van der Waals surface area contributed by atoms with Gasteiger partial charge in [0.25, 0.3) is 0 Å². The first-order valence-electron chi connectivity index (χ1n) is 10.8. The summed E-state index contributed by atoms with van der Waals surface area (Å²) >= 11 is 0. The zero-order valence-electron chi connectivity index (χ0n) is 19.8. The molecule has 8 nitrogen and oxygen atoms in total. The molecule has 2 aromatic carbocycles. The lowest BCUT2D eigenvalue weighted by atomic mass is 9.97. The molecule has 8 heteroatoms. The molecule has 0 saturated carbocycles. The van der Waals surface area contributed by atoms with Crippen molar-refractivity contribution < 1.29 is 27.8 Å². The molecule has 0 fully saturated rings. The topological polar surface area (TPSA) is 100 Å². The van der Waals surface area contributed by atoms with E-state index in [9.17, 15) is 9.59 Å². The number of ether oxygens (including phenoxy) is 3.